The van der Waals surface area contributed by atoms with Gasteiger partial charge in [0.25, 0.3) is 5.91 Å². The van der Waals surface area contributed by atoms with Crippen molar-refractivity contribution < 1.29 is 13.2 Å². The lowest BCUT2D eigenvalue weighted by atomic mass is 9.98. The van der Waals surface area contributed by atoms with E-state index in [9.17, 15) is 13.2 Å². The number of hydrogen-bond acceptors (Lipinski definition) is 3. The molecule has 7 heteroatoms. The van der Waals surface area contributed by atoms with Gasteiger partial charge in [-0.25, -0.2) is 13.6 Å². The van der Waals surface area contributed by atoms with Crippen molar-refractivity contribution in [2.75, 3.05) is 6.54 Å². The topological polar surface area (TPSA) is 89.3 Å². The van der Waals surface area contributed by atoms with Crippen molar-refractivity contribution in [2.45, 2.75) is 31.1 Å². The number of nitrogens with one attached hydrogen (secondary N) is 1. The molecule has 2 unspecified atom stereocenters. The van der Waals surface area contributed by atoms with E-state index < -0.39 is 10.0 Å². The maximum Gasteiger partial charge on any atom is 0.252 e. The molecule has 1 aromatic rings. The number of carbonyl (C=O) groups excluding carboxylic acids is 1. The Kier molecular flexibility index (Phi) is 5.06. The number of hydrogen-bond donors (Lipinski definition) is 2. The Bertz CT molecular complexity index is 646. The second-order valence-electron chi connectivity index (χ2n) is 5.56. The lowest BCUT2D eigenvalue weighted by Crippen LogP contribution is -2.30. The van der Waals surface area contributed by atoms with E-state index in [1.54, 1.807) is 0 Å². The van der Waals surface area contributed by atoms with Crippen molar-refractivity contribution in [3.05, 3.63) is 28.2 Å². The first-order valence-electron chi connectivity index (χ1n) is 6.89. The summed E-state index contributed by atoms with van der Waals surface area (Å²) in [4.78, 5) is 12.2. The van der Waals surface area contributed by atoms with Gasteiger partial charge in [-0.05, 0) is 52.4 Å². The van der Waals surface area contributed by atoms with Crippen molar-refractivity contribution in [1.82, 2.24) is 5.32 Å². The minimum atomic E-state index is -3.82. The third-order valence-electron chi connectivity index (χ3n) is 4.07. The molecule has 2 rings (SSSR count). The normalized spacial score (nSPS) is 22.2. The summed E-state index contributed by atoms with van der Waals surface area (Å²) < 4.78 is 23.3. The highest BCUT2D eigenvalue weighted by Gasteiger charge is 2.24. The fourth-order valence-electron chi connectivity index (χ4n) is 2.70. The van der Waals surface area contributed by atoms with E-state index in [-0.39, 0.29) is 16.4 Å². The van der Waals surface area contributed by atoms with Crippen molar-refractivity contribution in [2.24, 2.45) is 17.0 Å². The zero-order chi connectivity index (χ0) is 15.6. The zero-order valence-corrected chi connectivity index (χ0v) is 14.2. The molecule has 0 radical (unpaired) electrons. The van der Waals surface area contributed by atoms with Crippen LogP contribution in [-0.2, 0) is 10.0 Å². The first kappa shape index (κ1) is 16.5. The molecule has 21 heavy (non-hydrogen) atoms. The minimum Gasteiger partial charge on any atom is -0.352 e. The third kappa shape index (κ3) is 4.05. The Morgan fingerprint density at radius 3 is 2.71 bits per heavy atom. The summed E-state index contributed by atoms with van der Waals surface area (Å²) in [6.07, 6.45) is 3.53. The smallest absolute Gasteiger partial charge is 0.252 e. The van der Waals surface area contributed by atoms with Gasteiger partial charge in [-0.15, -0.1) is 0 Å². The molecule has 1 aliphatic rings. The van der Waals surface area contributed by atoms with E-state index in [1.807, 2.05) is 0 Å². The van der Waals surface area contributed by atoms with Gasteiger partial charge in [0.05, 0.1) is 10.5 Å². The van der Waals surface area contributed by atoms with Gasteiger partial charge in [0.2, 0.25) is 10.0 Å². The molecule has 0 heterocycles. The Labute approximate surface area is 133 Å². The number of amides is 1. The molecule has 1 aliphatic carbocycles. The highest BCUT2D eigenvalue weighted by molar-refractivity contribution is 9.10. The average Bonchev–Trinajstić information content (AvgIpc) is 2.80. The summed E-state index contributed by atoms with van der Waals surface area (Å²) in [5.41, 5.74) is 0.284. The van der Waals surface area contributed by atoms with E-state index in [1.165, 1.54) is 31.0 Å². The Morgan fingerprint density at radius 1 is 1.43 bits per heavy atom. The molecular formula is C14H19BrN2O3S. The molecule has 1 fully saturated rings. The van der Waals surface area contributed by atoms with E-state index in [0.29, 0.717) is 22.9 Å². The SMILES string of the molecule is CC1CCCC1CNC(=O)c1cc(S(N)(=O)=O)ccc1Br. The summed E-state index contributed by atoms with van der Waals surface area (Å²) in [5, 5.41) is 7.98. The minimum absolute atomic E-state index is 0.0647. The monoisotopic (exact) mass is 374 g/mol. The van der Waals surface area contributed by atoms with Crippen molar-refractivity contribution >= 4 is 31.9 Å². The van der Waals surface area contributed by atoms with Crippen LogP contribution in [-0.4, -0.2) is 20.9 Å². The summed E-state index contributed by atoms with van der Waals surface area (Å²) >= 11 is 3.27. The van der Waals surface area contributed by atoms with Crippen molar-refractivity contribution in [1.29, 1.82) is 0 Å². The summed E-state index contributed by atoms with van der Waals surface area (Å²) in [6, 6.07) is 4.19. The van der Waals surface area contributed by atoms with Crippen molar-refractivity contribution in [3.63, 3.8) is 0 Å². The van der Waals surface area contributed by atoms with Crippen LogP contribution in [0.25, 0.3) is 0 Å². The standard InChI is InChI=1S/C14H19BrN2O3S/c1-9-3-2-4-10(9)8-17-14(18)12-7-11(21(16,19)20)5-6-13(12)15/h5-7,9-10H,2-4,8H2,1H3,(H,17,18)(H2,16,19,20). The van der Waals surface area contributed by atoms with Gasteiger partial charge in [0.15, 0.2) is 0 Å². The largest absolute Gasteiger partial charge is 0.352 e. The van der Waals surface area contributed by atoms with E-state index in [0.717, 1.165) is 6.42 Å². The van der Waals surface area contributed by atoms with Crippen LogP contribution >= 0.6 is 15.9 Å². The maximum absolute atomic E-state index is 12.2. The van der Waals surface area contributed by atoms with Crippen LogP contribution in [0.5, 0.6) is 0 Å². The molecule has 1 aromatic carbocycles. The van der Waals surface area contributed by atoms with Gasteiger partial charge < -0.3 is 5.32 Å². The molecule has 116 valence electrons. The van der Waals surface area contributed by atoms with E-state index in [2.05, 4.69) is 28.2 Å². The molecule has 0 spiro atoms. The Morgan fingerprint density at radius 2 is 2.14 bits per heavy atom. The number of sulfonamides is 1. The number of benzene rings is 1. The van der Waals surface area contributed by atoms with Gasteiger partial charge in [0, 0.05) is 11.0 Å². The van der Waals surface area contributed by atoms with Crippen LogP contribution in [0, 0.1) is 11.8 Å². The molecule has 3 N–H and O–H groups in total. The fourth-order valence-corrected chi connectivity index (χ4v) is 3.67. The molecule has 5 nitrogen and oxygen atoms in total. The highest BCUT2D eigenvalue weighted by Crippen LogP contribution is 2.30. The van der Waals surface area contributed by atoms with E-state index >= 15 is 0 Å². The number of primary sulfonamides is 1. The van der Waals surface area contributed by atoms with E-state index in [4.69, 9.17) is 5.14 Å². The molecule has 2 atom stereocenters. The molecule has 1 amide bonds. The van der Waals surface area contributed by atoms with Crippen LogP contribution in [0.3, 0.4) is 0 Å². The van der Waals surface area contributed by atoms with Crippen molar-refractivity contribution in [3.8, 4) is 0 Å². The fraction of sp³-hybridized carbons (Fsp3) is 0.500. The second-order valence-corrected chi connectivity index (χ2v) is 7.98. The molecular weight excluding hydrogens is 356 g/mol. The van der Waals surface area contributed by atoms with Gasteiger partial charge in [-0.2, -0.15) is 0 Å². The first-order valence-corrected chi connectivity index (χ1v) is 9.23. The molecule has 0 aromatic heterocycles. The predicted molar refractivity (Wildman–Crippen MR) is 84.4 cm³/mol. The summed E-state index contributed by atoms with van der Waals surface area (Å²) in [5.74, 6) is 0.824. The quantitative estimate of drug-likeness (QED) is 0.846. The second kappa shape index (κ2) is 6.46. The number of carbonyl (C=O) groups is 1. The average molecular weight is 375 g/mol. The number of rotatable bonds is 4. The van der Waals surface area contributed by atoms with Gasteiger partial charge in [-0.1, -0.05) is 19.8 Å². The third-order valence-corrected chi connectivity index (χ3v) is 5.68. The molecule has 0 saturated heterocycles. The van der Waals surface area contributed by atoms with Gasteiger partial charge in [0.1, 0.15) is 0 Å². The Balaban J connectivity index is 2.11. The number of halogens is 1. The molecule has 0 bridgehead atoms. The zero-order valence-electron chi connectivity index (χ0n) is 11.8. The number of nitrogens with two attached hydrogens (primary N) is 1. The summed E-state index contributed by atoms with van der Waals surface area (Å²) in [7, 11) is -3.82. The van der Waals surface area contributed by atoms with Crippen LogP contribution in [0.2, 0.25) is 0 Å². The molecule has 0 aliphatic heterocycles. The highest BCUT2D eigenvalue weighted by atomic mass is 79.9. The Hall–Kier alpha value is -0.920. The lowest BCUT2D eigenvalue weighted by molar-refractivity contribution is 0.0943. The van der Waals surface area contributed by atoms with Gasteiger partial charge >= 0.3 is 0 Å². The molecule has 1 saturated carbocycles. The predicted octanol–water partition coefficient (Wildman–Crippen LogP) is 2.26. The lowest BCUT2D eigenvalue weighted by Gasteiger charge is -2.16. The maximum atomic E-state index is 12.2. The van der Waals surface area contributed by atoms with Crippen LogP contribution in [0.15, 0.2) is 27.6 Å². The van der Waals surface area contributed by atoms with Crippen LogP contribution in [0.1, 0.15) is 36.5 Å². The summed E-state index contributed by atoms with van der Waals surface area (Å²) in [6.45, 7) is 2.81. The van der Waals surface area contributed by atoms with Gasteiger partial charge in [-0.3, -0.25) is 4.79 Å². The van der Waals surface area contributed by atoms with Crippen LogP contribution < -0.4 is 10.5 Å². The van der Waals surface area contributed by atoms with Crippen LogP contribution in [0.4, 0.5) is 0 Å². The first-order chi connectivity index (χ1) is 9.79.